The van der Waals surface area contributed by atoms with E-state index in [-0.39, 0.29) is 12.6 Å². The van der Waals surface area contributed by atoms with Crippen LogP contribution in [0.25, 0.3) is 0 Å². The minimum absolute atomic E-state index is 0.0989. The molecule has 0 aliphatic carbocycles. The van der Waals surface area contributed by atoms with Crippen molar-refractivity contribution in [1.29, 1.82) is 0 Å². The second-order valence-electron chi connectivity index (χ2n) is 10.2. The third-order valence-corrected chi connectivity index (χ3v) is 7.56. The highest BCUT2D eigenvalue weighted by molar-refractivity contribution is 6.07. The Hall–Kier alpha value is -3.59. The summed E-state index contributed by atoms with van der Waals surface area (Å²) in [6.07, 6.45) is -0.883. The molecule has 3 aromatic carbocycles. The third-order valence-electron chi connectivity index (χ3n) is 7.56. The number of piperazine rings is 1. The van der Waals surface area contributed by atoms with Gasteiger partial charge in [-0.15, -0.1) is 0 Å². The maximum absolute atomic E-state index is 13.4. The molecule has 2 fully saturated rings. The number of nitrogens with zero attached hydrogens (tertiary/aromatic N) is 3. The van der Waals surface area contributed by atoms with Gasteiger partial charge in [0.05, 0.1) is 18.7 Å². The Labute approximate surface area is 222 Å². The van der Waals surface area contributed by atoms with Crippen molar-refractivity contribution in [3.63, 3.8) is 0 Å². The van der Waals surface area contributed by atoms with Gasteiger partial charge in [-0.2, -0.15) is 0 Å². The van der Waals surface area contributed by atoms with Crippen molar-refractivity contribution >= 4 is 11.9 Å². The van der Waals surface area contributed by atoms with Gasteiger partial charge in [0.15, 0.2) is 0 Å². The Bertz CT molecular complexity index is 1210. The first-order chi connectivity index (χ1) is 18.3. The van der Waals surface area contributed by atoms with Crippen LogP contribution in [0.4, 0.5) is 9.18 Å². The zero-order valence-corrected chi connectivity index (χ0v) is 21.5. The molecule has 2 aliphatic heterocycles. The van der Waals surface area contributed by atoms with Crippen LogP contribution in [0.5, 0.6) is 0 Å². The first-order valence-electron chi connectivity index (χ1n) is 13.0. The number of carbonyl (C=O) groups excluding carboxylic acids is 2. The largest absolute Gasteiger partial charge is 0.390 e. The van der Waals surface area contributed by atoms with Gasteiger partial charge in [0.2, 0.25) is 0 Å². The summed E-state index contributed by atoms with van der Waals surface area (Å²) in [5.74, 6) is -0.869. The quantitative estimate of drug-likeness (QED) is 0.449. The van der Waals surface area contributed by atoms with E-state index in [1.807, 2.05) is 12.1 Å². The van der Waals surface area contributed by atoms with E-state index in [0.717, 1.165) is 31.1 Å². The van der Waals surface area contributed by atoms with Crippen molar-refractivity contribution in [2.45, 2.75) is 24.6 Å². The topological polar surface area (TPSA) is 76.1 Å². The Kier molecular flexibility index (Phi) is 7.56. The van der Waals surface area contributed by atoms with Crippen LogP contribution in [0, 0.1) is 5.82 Å². The van der Waals surface area contributed by atoms with E-state index >= 15 is 0 Å². The second-order valence-corrected chi connectivity index (χ2v) is 10.2. The highest BCUT2D eigenvalue weighted by Gasteiger charge is 2.49. The molecule has 0 bridgehead atoms. The van der Waals surface area contributed by atoms with Gasteiger partial charge < -0.3 is 10.4 Å². The molecule has 38 heavy (non-hydrogen) atoms. The number of imide groups is 1. The highest BCUT2D eigenvalue weighted by atomic mass is 19.1. The number of hydrogen-bond acceptors (Lipinski definition) is 5. The lowest BCUT2D eigenvalue weighted by atomic mass is 9.92. The SMILES string of the molecule is CC1(c2ccc(F)cc2)NC(=O)N(CC(O)CN2CCN(C(c3ccccc3)c3ccccc3)CC2)C1=O. The molecular formula is C30H33FN4O3. The average molecular weight is 517 g/mol. The van der Waals surface area contributed by atoms with Gasteiger partial charge in [0.1, 0.15) is 11.4 Å². The molecule has 0 spiro atoms. The number of carbonyl (C=O) groups is 2. The maximum Gasteiger partial charge on any atom is 0.325 e. The Morgan fingerprint density at radius 2 is 1.39 bits per heavy atom. The number of aliphatic hydroxyl groups excluding tert-OH is 1. The molecule has 8 heteroatoms. The zero-order chi connectivity index (χ0) is 26.7. The monoisotopic (exact) mass is 516 g/mol. The van der Waals surface area contributed by atoms with Crippen LogP contribution in [0.2, 0.25) is 0 Å². The summed E-state index contributed by atoms with van der Waals surface area (Å²) in [4.78, 5) is 31.5. The lowest BCUT2D eigenvalue weighted by Crippen LogP contribution is -2.51. The molecule has 2 aliphatic rings. The van der Waals surface area contributed by atoms with Crippen LogP contribution in [-0.4, -0.2) is 77.1 Å². The second kappa shape index (κ2) is 11.0. The molecule has 0 aromatic heterocycles. The van der Waals surface area contributed by atoms with Crippen LogP contribution in [0.3, 0.4) is 0 Å². The highest BCUT2D eigenvalue weighted by Crippen LogP contribution is 2.31. The molecule has 3 aromatic rings. The number of urea groups is 1. The van der Waals surface area contributed by atoms with Crippen LogP contribution in [-0.2, 0) is 10.3 Å². The fourth-order valence-corrected chi connectivity index (χ4v) is 5.50. The molecule has 2 heterocycles. The fourth-order valence-electron chi connectivity index (χ4n) is 5.50. The van der Waals surface area contributed by atoms with Crippen LogP contribution < -0.4 is 5.32 Å². The Morgan fingerprint density at radius 1 is 0.842 bits per heavy atom. The summed E-state index contributed by atoms with van der Waals surface area (Å²) in [5, 5.41) is 13.5. The molecule has 2 atom stereocenters. The number of rotatable bonds is 8. The molecular weight excluding hydrogens is 483 g/mol. The van der Waals surface area contributed by atoms with Gasteiger partial charge in [-0.3, -0.25) is 19.5 Å². The number of amides is 3. The van der Waals surface area contributed by atoms with Crippen molar-refractivity contribution < 1.29 is 19.1 Å². The molecule has 0 saturated carbocycles. The predicted octanol–water partition coefficient (Wildman–Crippen LogP) is 3.36. The minimum atomic E-state index is -1.29. The van der Waals surface area contributed by atoms with E-state index in [1.54, 1.807) is 6.92 Å². The summed E-state index contributed by atoms with van der Waals surface area (Å²) in [6.45, 7) is 5.04. The summed E-state index contributed by atoms with van der Waals surface area (Å²) in [6, 6.07) is 26.0. The molecule has 3 amide bonds. The van der Waals surface area contributed by atoms with Crippen LogP contribution in [0.15, 0.2) is 84.9 Å². The summed E-state index contributed by atoms with van der Waals surface area (Å²) >= 11 is 0. The van der Waals surface area contributed by atoms with E-state index in [0.29, 0.717) is 12.1 Å². The van der Waals surface area contributed by atoms with E-state index in [2.05, 4.69) is 63.6 Å². The van der Waals surface area contributed by atoms with Gasteiger partial charge in [-0.05, 0) is 35.7 Å². The van der Waals surface area contributed by atoms with Gasteiger partial charge in [0, 0.05) is 32.7 Å². The van der Waals surface area contributed by atoms with Crippen molar-refractivity contribution in [3.8, 4) is 0 Å². The van der Waals surface area contributed by atoms with Gasteiger partial charge in [0.25, 0.3) is 5.91 Å². The minimum Gasteiger partial charge on any atom is -0.390 e. The molecule has 2 unspecified atom stereocenters. The predicted molar refractivity (Wildman–Crippen MR) is 143 cm³/mol. The number of benzene rings is 3. The van der Waals surface area contributed by atoms with E-state index in [9.17, 15) is 19.1 Å². The average Bonchev–Trinajstić information content (AvgIpc) is 3.15. The van der Waals surface area contributed by atoms with Crippen molar-refractivity contribution in [2.75, 3.05) is 39.3 Å². The normalized spacial score (nSPS) is 21.6. The maximum atomic E-state index is 13.4. The summed E-state index contributed by atoms with van der Waals surface area (Å²) in [5.41, 5.74) is 1.70. The number of halogens is 1. The zero-order valence-electron chi connectivity index (χ0n) is 21.5. The van der Waals surface area contributed by atoms with Crippen molar-refractivity contribution in [3.05, 3.63) is 107 Å². The number of nitrogens with one attached hydrogen (secondary N) is 1. The molecule has 7 nitrogen and oxygen atoms in total. The lowest BCUT2D eigenvalue weighted by molar-refractivity contribution is -0.132. The fraction of sp³-hybridized carbons (Fsp3) is 0.333. The Morgan fingerprint density at radius 3 is 1.95 bits per heavy atom. The van der Waals surface area contributed by atoms with Crippen LogP contribution >= 0.6 is 0 Å². The van der Waals surface area contributed by atoms with E-state index < -0.39 is 29.4 Å². The first-order valence-corrected chi connectivity index (χ1v) is 13.0. The molecule has 198 valence electrons. The molecule has 5 rings (SSSR count). The van der Waals surface area contributed by atoms with E-state index in [4.69, 9.17) is 0 Å². The van der Waals surface area contributed by atoms with E-state index in [1.165, 1.54) is 35.4 Å². The lowest BCUT2D eigenvalue weighted by Gasteiger charge is -2.40. The number of hydrogen-bond donors (Lipinski definition) is 2. The molecule has 2 N–H and O–H groups in total. The summed E-state index contributed by atoms with van der Waals surface area (Å²) in [7, 11) is 0. The van der Waals surface area contributed by atoms with Crippen molar-refractivity contribution in [2.24, 2.45) is 0 Å². The standard InChI is InChI=1S/C30H33FN4O3/c1-30(24-12-14-25(31)15-13-24)28(37)35(29(38)32-30)21-26(36)20-33-16-18-34(19-17-33)27(22-8-4-2-5-9-22)23-10-6-3-7-11-23/h2-15,26-27,36H,16-21H2,1H3,(H,32,38). The van der Waals surface area contributed by atoms with Crippen LogP contribution in [0.1, 0.15) is 29.7 Å². The van der Waals surface area contributed by atoms with Gasteiger partial charge >= 0.3 is 6.03 Å². The summed E-state index contributed by atoms with van der Waals surface area (Å²) < 4.78 is 13.4. The first kappa shape index (κ1) is 26.0. The Balaban J connectivity index is 1.19. The molecule has 0 radical (unpaired) electrons. The molecule has 2 saturated heterocycles. The third kappa shape index (κ3) is 5.34. The van der Waals surface area contributed by atoms with Crippen molar-refractivity contribution in [1.82, 2.24) is 20.0 Å². The smallest absolute Gasteiger partial charge is 0.325 e. The number of β-amino-alcohol motifs (C(OH)–C–C–N with tert-alkyl or cyclic N) is 1. The number of aliphatic hydroxyl groups is 1. The van der Waals surface area contributed by atoms with Gasteiger partial charge in [-0.1, -0.05) is 72.8 Å². The van der Waals surface area contributed by atoms with Gasteiger partial charge in [-0.25, -0.2) is 9.18 Å².